The summed E-state index contributed by atoms with van der Waals surface area (Å²) in [6, 6.07) is 6.17. The van der Waals surface area contributed by atoms with E-state index in [4.69, 9.17) is 19.7 Å². The first kappa shape index (κ1) is 15.3. The fraction of sp³-hybridized carbons (Fsp3) is 0.385. The summed E-state index contributed by atoms with van der Waals surface area (Å²) in [5, 5.41) is 17.2. The Morgan fingerprint density at radius 3 is 2.32 bits per heavy atom. The number of aldehydes is 1. The molecule has 0 heterocycles. The van der Waals surface area contributed by atoms with Gasteiger partial charge in [-0.2, -0.15) is 0 Å². The molecule has 1 atom stereocenters. The zero-order valence-electron chi connectivity index (χ0n) is 10.3. The van der Waals surface area contributed by atoms with Gasteiger partial charge in [0.05, 0.1) is 25.4 Å². The summed E-state index contributed by atoms with van der Waals surface area (Å²) in [4.78, 5) is 22.3. The maximum absolute atomic E-state index is 11.5. The lowest BCUT2D eigenvalue weighted by molar-refractivity contribution is -0.119. The van der Waals surface area contributed by atoms with Crippen LogP contribution in [0.1, 0.15) is 22.0 Å². The van der Waals surface area contributed by atoms with Crippen LogP contribution in [-0.4, -0.2) is 48.9 Å². The van der Waals surface area contributed by atoms with Crippen molar-refractivity contribution >= 4 is 12.3 Å². The normalized spacial score (nSPS) is 11.9. The predicted octanol–water partition coefficient (Wildman–Crippen LogP) is 0.0846. The number of rotatable bonds is 8. The molecule has 0 fully saturated rings. The molecule has 0 radical (unpaired) electrons. The van der Waals surface area contributed by atoms with E-state index in [0.717, 1.165) is 0 Å². The number of benzene rings is 1. The minimum atomic E-state index is -0.769. The van der Waals surface area contributed by atoms with Crippen LogP contribution < -0.4 is 0 Å². The maximum Gasteiger partial charge on any atom is 0.338 e. The molecular formula is C13H16O6. The van der Waals surface area contributed by atoms with Crippen molar-refractivity contribution < 1.29 is 29.3 Å². The second-order valence-corrected chi connectivity index (χ2v) is 3.63. The van der Waals surface area contributed by atoms with Gasteiger partial charge in [0.15, 0.2) is 6.29 Å². The maximum atomic E-state index is 11.5. The van der Waals surface area contributed by atoms with Gasteiger partial charge in [-0.15, -0.1) is 0 Å². The van der Waals surface area contributed by atoms with E-state index in [0.29, 0.717) is 17.4 Å². The first-order chi connectivity index (χ1) is 9.22. The Kier molecular flexibility index (Phi) is 6.73. The van der Waals surface area contributed by atoms with Crippen LogP contribution in [0.3, 0.4) is 0 Å². The quantitative estimate of drug-likeness (QED) is 0.512. The molecule has 6 heteroatoms. The van der Waals surface area contributed by atoms with Crippen LogP contribution in [0.25, 0.3) is 0 Å². The molecule has 0 aliphatic heterocycles. The third kappa shape index (κ3) is 4.78. The van der Waals surface area contributed by atoms with Crippen LogP contribution >= 0.6 is 0 Å². The third-order valence-corrected chi connectivity index (χ3v) is 2.31. The van der Waals surface area contributed by atoms with Gasteiger partial charge >= 0.3 is 5.97 Å². The Balaban J connectivity index is 2.68. The van der Waals surface area contributed by atoms with E-state index in [1.54, 1.807) is 12.1 Å². The molecule has 0 spiro atoms. The highest BCUT2D eigenvalue weighted by Gasteiger charge is 2.12. The molecule has 104 valence electrons. The monoisotopic (exact) mass is 268 g/mol. The molecule has 0 saturated carbocycles. The highest BCUT2D eigenvalue weighted by Crippen LogP contribution is 2.16. The van der Waals surface area contributed by atoms with Crippen LogP contribution in [0.2, 0.25) is 0 Å². The summed E-state index contributed by atoms with van der Waals surface area (Å²) >= 11 is 0. The lowest BCUT2D eigenvalue weighted by Crippen LogP contribution is -2.11. The molecule has 1 aromatic rings. The number of esters is 1. The molecule has 1 unspecified atom stereocenters. The van der Waals surface area contributed by atoms with Gasteiger partial charge in [0.2, 0.25) is 0 Å². The highest BCUT2D eigenvalue weighted by molar-refractivity contribution is 5.89. The second-order valence-electron chi connectivity index (χ2n) is 3.63. The SMILES string of the molecule is O=CC(OCCO)c1ccc(C(=O)OCCO)cc1. The molecule has 0 bridgehead atoms. The number of hydrogen-bond acceptors (Lipinski definition) is 6. The zero-order valence-corrected chi connectivity index (χ0v) is 10.3. The lowest BCUT2D eigenvalue weighted by atomic mass is 10.1. The van der Waals surface area contributed by atoms with E-state index in [1.165, 1.54) is 12.1 Å². The fourth-order valence-corrected chi connectivity index (χ4v) is 1.42. The largest absolute Gasteiger partial charge is 0.460 e. The van der Waals surface area contributed by atoms with E-state index in [2.05, 4.69) is 0 Å². The second kappa shape index (κ2) is 8.36. The predicted molar refractivity (Wildman–Crippen MR) is 65.7 cm³/mol. The molecule has 0 aliphatic rings. The molecule has 1 aromatic carbocycles. The molecular weight excluding hydrogens is 252 g/mol. The Morgan fingerprint density at radius 2 is 1.79 bits per heavy atom. The molecule has 1 rings (SSSR count). The smallest absolute Gasteiger partial charge is 0.338 e. The molecule has 19 heavy (non-hydrogen) atoms. The summed E-state index contributed by atoms with van der Waals surface area (Å²) in [6.45, 7) is -0.400. The molecule has 0 aliphatic carbocycles. The van der Waals surface area contributed by atoms with E-state index in [9.17, 15) is 9.59 Å². The Hall–Kier alpha value is -1.76. The van der Waals surface area contributed by atoms with Gasteiger partial charge in [-0.25, -0.2) is 4.79 Å². The fourth-order valence-electron chi connectivity index (χ4n) is 1.42. The topological polar surface area (TPSA) is 93.1 Å². The first-order valence-corrected chi connectivity index (χ1v) is 5.78. The number of aliphatic hydroxyl groups is 2. The van der Waals surface area contributed by atoms with Crippen LogP contribution in [-0.2, 0) is 14.3 Å². The molecule has 0 saturated heterocycles. The number of carbonyl (C=O) groups excluding carboxylic acids is 2. The van der Waals surface area contributed by atoms with Gasteiger partial charge in [0.1, 0.15) is 12.7 Å². The zero-order chi connectivity index (χ0) is 14.1. The van der Waals surface area contributed by atoms with Gasteiger partial charge in [0.25, 0.3) is 0 Å². The number of hydrogen-bond donors (Lipinski definition) is 2. The van der Waals surface area contributed by atoms with Crippen molar-refractivity contribution in [2.75, 3.05) is 26.4 Å². The number of ether oxygens (including phenoxy) is 2. The van der Waals surface area contributed by atoms with Crippen molar-refractivity contribution in [3.63, 3.8) is 0 Å². The average molecular weight is 268 g/mol. The third-order valence-electron chi connectivity index (χ3n) is 2.31. The summed E-state index contributed by atoms with van der Waals surface area (Å²) < 4.78 is 9.87. The van der Waals surface area contributed by atoms with Crippen LogP contribution in [0.4, 0.5) is 0 Å². The van der Waals surface area contributed by atoms with Crippen molar-refractivity contribution in [3.05, 3.63) is 35.4 Å². The van der Waals surface area contributed by atoms with Crippen molar-refractivity contribution in [2.45, 2.75) is 6.10 Å². The average Bonchev–Trinajstić information content (AvgIpc) is 2.46. The van der Waals surface area contributed by atoms with E-state index in [-0.39, 0.29) is 26.4 Å². The van der Waals surface area contributed by atoms with Crippen molar-refractivity contribution in [2.24, 2.45) is 0 Å². The minimum absolute atomic E-state index is 0.0584. The van der Waals surface area contributed by atoms with E-state index >= 15 is 0 Å². The lowest BCUT2D eigenvalue weighted by Gasteiger charge is -2.11. The molecule has 6 nitrogen and oxygen atoms in total. The van der Waals surface area contributed by atoms with Gasteiger partial charge in [0, 0.05) is 0 Å². The summed E-state index contributed by atoms with van der Waals surface area (Å²) in [5.41, 5.74) is 0.908. The van der Waals surface area contributed by atoms with Crippen molar-refractivity contribution in [3.8, 4) is 0 Å². The van der Waals surface area contributed by atoms with E-state index < -0.39 is 12.1 Å². The highest BCUT2D eigenvalue weighted by atomic mass is 16.5. The van der Waals surface area contributed by atoms with Gasteiger partial charge in [-0.1, -0.05) is 12.1 Å². The Morgan fingerprint density at radius 1 is 1.16 bits per heavy atom. The van der Waals surface area contributed by atoms with Gasteiger partial charge < -0.3 is 24.5 Å². The number of aliphatic hydroxyl groups excluding tert-OH is 2. The van der Waals surface area contributed by atoms with Gasteiger partial charge in [-0.05, 0) is 17.7 Å². The van der Waals surface area contributed by atoms with Gasteiger partial charge in [-0.3, -0.25) is 0 Å². The Bertz CT molecular complexity index is 400. The molecule has 0 aromatic heterocycles. The number of carbonyl (C=O) groups is 2. The van der Waals surface area contributed by atoms with Crippen molar-refractivity contribution in [1.82, 2.24) is 0 Å². The summed E-state index contributed by atoms with van der Waals surface area (Å²) in [5.74, 6) is -0.542. The van der Waals surface area contributed by atoms with Crippen LogP contribution in [0.5, 0.6) is 0 Å². The Labute approximate surface area is 110 Å². The summed E-state index contributed by atoms with van der Waals surface area (Å²) in [7, 11) is 0. The molecule has 2 N–H and O–H groups in total. The standard InChI is InChI=1S/C13H16O6/c14-5-7-18-12(9-16)10-1-3-11(4-2-10)13(17)19-8-6-15/h1-4,9,12,14-15H,5-8H2. The summed E-state index contributed by atoms with van der Waals surface area (Å²) in [6.07, 6.45) is -0.149. The molecule has 0 amide bonds. The van der Waals surface area contributed by atoms with Crippen molar-refractivity contribution in [1.29, 1.82) is 0 Å². The minimum Gasteiger partial charge on any atom is -0.460 e. The van der Waals surface area contributed by atoms with E-state index in [1.807, 2.05) is 0 Å². The first-order valence-electron chi connectivity index (χ1n) is 5.78. The van der Waals surface area contributed by atoms with Crippen LogP contribution in [0.15, 0.2) is 24.3 Å². The van der Waals surface area contributed by atoms with Crippen LogP contribution in [0, 0.1) is 0 Å².